The number of rotatable bonds is 13. The van der Waals surface area contributed by atoms with E-state index in [-0.39, 0.29) is 49.5 Å². The summed E-state index contributed by atoms with van der Waals surface area (Å²) in [7, 11) is 1.26. The lowest BCUT2D eigenvalue weighted by atomic mass is 9.49. The minimum Gasteiger partial charge on any atom is -0.511 e. The Balaban J connectivity index is 0.896. The standard InChI is InChI=1S/C67H98N2O22/c1-30-14-18-47(86-54-28-65(11,68)60(38(9)84-54)69-64(78)79-13)31(2)23-43-45(73)24-40(29-70)27-67(43)62(76)55(63(77)91-67)61(75)66(12)42(30)16-15-41-56(66)32(3)22-33(4)57(41)90-53-26-49(59(37(8)83-53)85-39(10)71)88-50-21-19-48(35(6)81-50)87-52-25-46(74)58(36(7)82-52)89-51-20-17-44(72)34(5)80-51/h14-16,23-24,29,32-38,41-54,56-60,72-75H,17-22,25-28,68H2,1-13H3,(H,69,78)/b30-14+,31-23+,61-55-/t32?,33-,34-,35-,36-,37-,38+,41-,42-,43+,44+,45-,46+,47-,48+,49+,50-,51-,52-,53-,54-,56+,57-,58-,59-,60-,65-,66+,67-/m0/s1. The van der Waals surface area contributed by atoms with Crippen LogP contribution in [0.15, 0.2) is 58.4 Å². The van der Waals surface area contributed by atoms with Gasteiger partial charge in [0.1, 0.15) is 29.8 Å². The molecule has 24 nitrogen and oxygen atoms in total. The van der Waals surface area contributed by atoms with Gasteiger partial charge >= 0.3 is 18.0 Å². The van der Waals surface area contributed by atoms with Crippen molar-refractivity contribution in [2.24, 2.45) is 46.7 Å². The van der Waals surface area contributed by atoms with E-state index >= 15 is 4.79 Å². The fourth-order valence-corrected chi connectivity index (χ4v) is 16.8. The molecule has 10 rings (SSSR count). The molecule has 6 heterocycles. The van der Waals surface area contributed by atoms with Crippen LogP contribution < -0.4 is 11.1 Å². The fourth-order valence-electron chi connectivity index (χ4n) is 16.8. The molecule has 508 valence electrons. The molecule has 91 heavy (non-hydrogen) atoms. The topological polar surface area (TPSA) is 324 Å². The number of carbonyl (C=O) groups excluding carboxylic acids is 5. The van der Waals surface area contributed by atoms with Crippen molar-refractivity contribution >= 4 is 30.1 Å². The Morgan fingerprint density at radius 1 is 0.703 bits per heavy atom. The molecule has 4 aliphatic carbocycles. The van der Waals surface area contributed by atoms with Gasteiger partial charge in [0.2, 0.25) is 5.78 Å². The molecule has 1 spiro atoms. The highest BCUT2D eigenvalue weighted by molar-refractivity contribution is 6.26. The van der Waals surface area contributed by atoms with E-state index in [1.165, 1.54) is 20.1 Å². The molecule has 6 aliphatic heterocycles. The summed E-state index contributed by atoms with van der Waals surface area (Å²) in [6.07, 6.45) is -1.65. The minimum atomic E-state index is -2.13. The number of aliphatic hydroxyl groups excluding tert-OH is 4. The van der Waals surface area contributed by atoms with Crippen LogP contribution >= 0.6 is 0 Å². The third-order valence-electron chi connectivity index (χ3n) is 21.4. The number of hydrogen-bond donors (Lipinski definition) is 6. The van der Waals surface area contributed by atoms with E-state index < -0.39 is 198 Å². The van der Waals surface area contributed by atoms with E-state index in [0.717, 1.165) is 5.57 Å². The summed E-state index contributed by atoms with van der Waals surface area (Å²) in [4.78, 5) is 67.9. The molecule has 0 aromatic heterocycles. The van der Waals surface area contributed by atoms with Crippen LogP contribution in [0.5, 0.6) is 0 Å². The number of esters is 2. The molecule has 6 saturated heterocycles. The predicted molar refractivity (Wildman–Crippen MR) is 322 cm³/mol. The van der Waals surface area contributed by atoms with Crippen molar-refractivity contribution in [2.75, 3.05) is 7.11 Å². The fraction of sp³-hybridized carbons (Fsp3) is 0.776. The van der Waals surface area contributed by atoms with Gasteiger partial charge in [-0.05, 0) is 116 Å². The van der Waals surface area contributed by atoms with Crippen molar-refractivity contribution < 1.29 is 106 Å². The van der Waals surface area contributed by atoms with Crippen LogP contribution in [-0.2, 0) is 80.8 Å². The van der Waals surface area contributed by atoms with E-state index in [2.05, 4.69) is 25.2 Å². The molecule has 2 bridgehead atoms. The molecule has 7 N–H and O–H groups in total. The Labute approximate surface area is 533 Å². The summed E-state index contributed by atoms with van der Waals surface area (Å²) in [6, 6.07) is -0.638. The number of ketones is 1. The normalized spacial score (nSPS) is 49.0. The zero-order valence-electron chi connectivity index (χ0n) is 54.8. The van der Waals surface area contributed by atoms with Gasteiger partial charge in [-0.25, -0.2) is 9.59 Å². The van der Waals surface area contributed by atoms with Crippen LogP contribution in [-0.4, -0.2) is 192 Å². The molecule has 24 heteroatoms. The molecule has 1 saturated carbocycles. The summed E-state index contributed by atoms with van der Waals surface area (Å²) in [5.41, 5.74) is 3.19. The van der Waals surface area contributed by atoms with Crippen LogP contribution in [0.3, 0.4) is 0 Å². The van der Waals surface area contributed by atoms with Gasteiger partial charge in [-0.1, -0.05) is 50.6 Å². The second-order valence-corrected chi connectivity index (χ2v) is 28.1. The molecule has 10 aliphatic rings. The van der Waals surface area contributed by atoms with Crippen molar-refractivity contribution in [3.05, 3.63) is 58.4 Å². The number of nitrogens with two attached hydrogens (primary N) is 1. The van der Waals surface area contributed by atoms with Gasteiger partial charge in [0.05, 0.1) is 86.2 Å². The third kappa shape index (κ3) is 14.0. The molecule has 0 aromatic rings. The lowest BCUT2D eigenvalue weighted by Crippen LogP contribution is -2.66. The molecule has 29 atom stereocenters. The van der Waals surface area contributed by atoms with Crippen molar-refractivity contribution in [1.82, 2.24) is 5.32 Å². The average Bonchev–Trinajstić information content (AvgIpc) is 1.66. The number of Topliss-reactive ketones (excluding diaryl/α,β-unsaturated/α-hetero) is 1. The van der Waals surface area contributed by atoms with Crippen molar-refractivity contribution in [3.8, 4) is 0 Å². The number of allylic oxidation sites excluding steroid dienone is 3. The Bertz CT molecular complexity index is 2840. The van der Waals surface area contributed by atoms with E-state index in [0.29, 0.717) is 44.0 Å². The van der Waals surface area contributed by atoms with Crippen LogP contribution in [0.1, 0.15) is 147 Å². The smallest absolute Gasteiger partial charge is 0.407 e. The Morgan fingerprint density at radius 3 is 2.00 bits per heavy atom. The highest BCUT2D eigenvalue weighted by Gasteiger charge is 2.65. The highest BCUT2D eigenvalue weighted by Crippen LogP contribution is 2.61. The first-order valence-electron chi connectivity index (χ1n) is 32.8. The first-order chi connectivity index (χ1) is 43.0. The largest absolute Gasteiger partial charge is 0.511 e. The Kier molecular flexibility index (Phi) is 21.1. The quantitative estimate of drug-likeness (QED) is 0.0402. The number of amides is 1. The van der Waals surface area contributed by atoms with Gasteiger partial charge in [0.25, 0.3) is 0 Å². The van der Waals surface area contributed by atoms with Crippen LogP contribution in [0.4, 0.5) is 4.79 Å². The summed E-state index contributed by atoms with van der Waals surface area (Å²) >= 11 is 0. The zero-order chi connectivity index (χ0) is 65.9. The van der Waals surface area contributed by atoms with Crippen LogP contribution in [0.25, 0.3) is 0 Å². The minimum absolute atomic E-state index is 0.0473. The summed E-state index contributed by atoms with van der Waals surface area (Å²) in [6.45, 7) is 22.0. The maximum absolute atomic E-state index is 15.6. The van der Waals surface area contributed by atoms with Crippen molar-refractivity contribution in [2.45, 2.75) is 281 Å². The molecular formula is C67H98N2O22. The van der Waals surface area contributed by atoms with E-state index in [1.807, 2.05) is 39.8 Å². The number of methoxy groups -OCH3 is 1. The number of fused-ring (bicyclic) bond motifs is 4. The van der Waals surface area contributed by atoms with Gasteiger partial charge in [-0.15, -0.1) is 0 Å². The molecule has 7 fully saturated rings. The first-order valence-corrected chi connectivity index (χ1v) is 32.8. The second kappa shape index (κ2) is 27.7. The van der Waals surface area contributed by atoms with E-state index in [9.17, 15) is 39.6 Å². The second-order valence-electron chi connectivity index (χ2n) is 28.1. The third-order valence-corrected chi connectivity index (χ3v) is 21.4. The lowest BCUT2D eigenvalue weighted by molar-refractivity contribution is -0.331. The first kappa shape index (κ1) is 69.3. The van der Waals surface area contributed by atoms with Crippen molar-refractivity contribution in [1.29, 1.82) is 0 Å². The molecule has 0 aromatic carbocycles. The number of alkyl carbamates (subject to hydrolysis) is 1. The molecule has 1 unspecified atom stereocenters. The maximum Gasteiger partial charge on any atom is 0.407 e. The molecular weight excluding hydrogens is 1180 g/mol. The zero-order valence-corrected chi connectivity index (χ0v) is 54.8. The van der Waals surface area contributed by atoms with Gasteiger partial charge in [-0.2, -0.15) is 0 Å². The molecule has 1 amide bonds. The lowest BCUT2D eigenvalue weighted by Gasteiger charge is -2.56. The number of ether oxygens (including phenoxy) is 13. The number of nitrogens with one attached hydrogen (secondary N) is 1. The SMILES string of the molecule is COC(=O)N[C@H]1[C@@H](C)O[C@@H](O[C@H]2C/C=C(\C)[C@@H]3C=C[C@@H]4[C@@H](O[C@H]5C[C@@H](O[C@H]6CC[C@@H](O[C@H]7C[C@@H](O)[C@@H](O[C@H]8CC[C@@H](O)[C@H](C)O8)[C@H](C)O7)[C@H](C)O6)[C@@H](OC(C)=O)[C@H](C)O5)[C@@H](C)CC(C)[C@H]4[C@]3(C)/C(O)=C3/C(=O)O[C@]4(CC(C=O)=C[C@H](O)[C@H]4/C=C/2C)C3=O)C[C@]1(C)N. The summed E-state index contributed by atoms with van der Waals surface area (Å²) < 4.78 is 82.0. The summed E-state index contributed by atoms with van der Waals surface area (Å²) in [5.74, 6) is -5.95. The number of aldehydes is 1. The van der Waals surface area contributed by atoms with E-state index in [4.69, 9.17) is 67.3 Å². The Morgan fingerprint density at radius 2 is 1.34 bits per heavy atom. The average molecular weight is 1280 g/mol. The van der Waals surface area contributed by atoms with Crippen molar-refractivity contribution in [3.63, 3.8) is 0 Å². The van der Waals surface area contributed by atoms with Crippen LogP contribution in [0, 0.1) is 40.9 Å². The van der Waals surface area contributed by atoms with Crippen LogP contribution in [0.2, 0.25) is 0 Å². The van der Waals surface area contributed by atoms with Gasteiger partial charge in [0, 0.05) is 68.2 Å². The van der Waals surface area contributed by atoms with Gasteiger partial charge in [-0.3, -0.25) is 14.4 Å². The highest BCUT2D eigenvalue weighted by atomic mass is 16.8. The maximum atomic E-state index is 15.6. The van der Waals surface area contributed by atoms with E-state index in [1.54, 1.807) is 40.7 Å². The molecule has 0 radical (unpaired) electrons. The Hall–Kier alpha value is -4.51. The monoisotopic (exact) mass is 1280 g/mol. The summed E-state index contributed by atoms with van der Waals surface area (Å²) in [5, 5.41) is 49.3. The van der Waals surface area contributed by atoms with Gasteiger partial charge < -0.3 is 93.1 Å². The van der Waals surface area contributed by atoms with Gasteiger partial charge in [0.15, 0.2) is 43.2 Å². The predicted octanol–water partition coefficient (Wildman–Crippen LogP) is 6.04. The number of hydrogen-bond acceptors (Lipinski definition) is 23. The number of aliphatic hydroxyl groups is 4. The number of carbonyl (C=O) groups is 5.